The molecule has 1 aliphatic heterocycles. The van der Waals surface area contributed by atoms with Crippen LogP contribution in [0.5, 0.6) is 0 Å². The van der Waals surface area contributed by atoms with E-state index in [-0.39, 0.29) is 16.6 Å². The molecule has 1 aliphatic rings. The maximum Gasteiger partial charge on any atom is 0.339 e. The number of pyridine rings is 1. The van der Waals surface area contributed by atoms with Crippen molar-refractivity contribution in [3.05, 3.63) is 77.6 Å². The van der Waals surface area contributed by atoms with Crippen LogP contribution in [0.1, 0.15) is 23.7 Å². The van der Waals surface area contributed by atoms with Gasteiger partial charge in [0.1, 0.15) is 5.15 Å². The molecule has 0 saturated carbocycles. The van der Waals surface area contributed by atoms with E-state index in [9.17, 15) is 9.59 Å². The molecular weight excluding hydrogens is 408 g/mol. The topological polar surface area (TPSA) is 59.5 Å². The molecule has 29 heavy (non-hydrogen) atoms. The third-order valence-corrected chi connectivity index (χ3v) is 5.85. The number of anilines is 2. The molecule has 5 nitrogen and oxygen atoms in total. The van der Waals surface area contributed by atoms with Gasteiger partial charge in [-0.05, 0) is 42.8 Å². The predicted molar refractivity (Wildman–Crippen MR) is 113 cm³/mol. The molecule has 1 atom stereocenters. The first-order chi connectivity index (χ1) is 14.1. The number of hydrogen-bond acceptors (Lipinski definition) is 5. The molecule has 1 amide bonds. The number of carbonyl (C=O) groups is 2. The van der Waals surface area contributed by atoms with Gasteiger partial charge in [-0.3, -0.25) is 9.69 Å². The van der Waals surface area contributed by atoms with Gasteiger partial charge in [0.25, 0.3) is 5.91 Å². The maximum absolute atomic E-state index is 13.5. The predicted octanol–water partition coefficient (Wildman–Crippen LogP) is 5.50. The van der Waals surface area contributed by atoms with Gasteiger partial charge in [0, 0.05) is 16.0 Å². The summed E-state index contributed by atoms with van der Waals surface area (Å²) in [6.45, 7) is 1.81. The Kier molecular flexibility index (Phi) is 5.56. The monoisotopic (exact) mass is 424 g/mol. The van der Waals surface area contributed by atoms with E-state index in [0.717, 1.165) is 21.2 Å². The van der Waals surface area contributed by atoms with Gasteiger partial charge in [0.05, 0.1) is 16.9 Å². The molecule has 0 radical (unpaired) electrons. The van der Waals surface area contributed by atoms with Crippen LogP contribution in [0.4, 0.5) is 11.4 Å². The Morgan fingerprint density at radius 2 is 1.69 bits per heavy atom. The molecule has 7 heteroatoms. The Bertz CT molecular complexity index is 1040. The molecule has 0 N–H and O–H groups in total. The molecule has 2 aromatic carbocycles. The summed E-state index contributed by atoms with van der Waals surface area (Å²) in [6, 6.07) is 18.3. The zero-order chi connectivity index (χ0) is 20.4. The summed E-state index contributed by atoms with van der Waals surface area (Å²) in [4.78, 5) is 33.5. The molecule has 4 rings (SSSR count). The van der Waals surface area contributed by atoms with Crippen molar-refractivity contribution in [1.82, 2.24) is 4.98 Å². The van der Waals surface area contributed by atoms with Crippen molar-refractivity contribution in [2.45, 2.75) is 29.2 Å². The van der Waals surface area contributed by atoms with Crippen LogP contribution in [0, 0.1) is 0 Å². The van der Waals surface area contributed by atoms with Crippen LogP contribution in [0.3, 0.4) is 0 Å². The fourth-order valence-electron chi connectivity index (χ4n) is 3.12. The summed E-state index contributed by atoms with van der Waals surface area (Å²) < 4.78 is 5.56. The van der Waals surface area contributed by atoms with E-state index in [1.807, 2.05) is 55.5 Å². The van der Waals surface area contributed by atoms with E-state index >= 15 is 0 Å². The van der Waals surface area contributed by atoms with Crippen molar-refractivity contribution in [2.75, 3.05) is 4.90 Å². The second kappa shape index (κ2) is 8.27. The van der Waals surface area contributed by atoms with Gasteiger partial charge in [-0.1, -0.05) is 54.6 Å². The summed E-state index contributed by atoms with van der Waals surface area (Å²) in [5.41, 5.74) is 1.82. The smallest absolute Gasteiger partial charge is 0.339 e. The average Bonchev–Trinajstić information content (AvgIpc) is 2.75. The largest absolute Gasteiger partial charge is 0.449 e. The average molecular weight is 425 g/mol. The van der Waals surface area contributed by atoms with E-state index in [4.69, 9.17) is 16.3 Å². The van der Waals surface area contributed by atoms with E-state index in [0.29, 0.717) is 6.42 Å². The number of halogens is 1. The number of amides is 1. The zero-order valence-corrected chi connectivity index (χ0v) is 17.1. The minimum atomic E-state index is -0.932. The second-order valence-corrected chi connectivity index (χ2v) is 7.85. The number of para-hydroxylation sites is 2. The van der Waals surface area contributed by atoms with Gasteiger partial charge in [-0.15, -0.1) is 0 Å². The molecule has 0 saturated heterocycles. The summed E-state index contributed by atoms with van der Waals surface area (Å²) in [5, 5.41) is 0.190. The number of benzene rings is 2. The van der Waals surface area contributed by atoms with Crippen LogP contribution in [0.2, 0.25) is 5.15 Å². The summed E-state index contributed by atoms with van der Waals surface area (Å²) in [6.07, 6.45) is 0.839. The third-order valence-electron chi connectivity index (χ3n) is 4.51. The molecule has 0 spiro atoms. The van der Waals surface area contributed by atoms with E-state index in [2.05, 4.69) is 4.98 Å². The van der Waals surface area contributed by atoms with Gasteiger partial charge in [-0.2, -0.15) is 0 Å². The maximum atomic E-state index is 13.5. The minimum Gasteiger partial charge on any atom is -0.449 e. The van der Waals surface area contributed by atoms with Gasteiger partial charge in [0.15, 0.2) is 6.10 Å². The molecule has 3 aromatic rings. The van der Waals surface area contributed by atoms with Crippen molar-refractivity contribution in [3.8, 4) is 0 Å². The number of ether oxygens (including phenoxy) is 1. The first-order valence-corrected chi connectivity index (χ1v) is 10.3. The number of rotatable bonds is 4. The van der Waals surface area contributed by atoms with Crippen LogP contribution in [-0.2, 0) is 9.53 Å². The Morgan fingerprint density at radius 3 is 2.28 bits per heavy atom. The molecule has 0 aliphatic carbocycles. The normalized spacial score (nSPS) is 13.2. The van der Waals surface area contributed by atoms with Crippen molar-refractivity contribution in [1.29, 1.82) is 0 Å². The van der Waals surface area contributed by atoms with E-state index < -0.39 is 12.1 Å². The lowest BCUT2D eigenvalue weighted by Gasteiger charge is -2.33. The number of fused-ring (bicyclic) bond motifs is 2. The van der Waals surface area contributed by atoms with Gasteiger partial charge in [0.2, 0.25) is 0 Å². The Labute approximate surface area is 177 Å². The van der Waals surface area contributed by atoms with Crippen molar-refractivity contribution < 1.29 is 14.3 Å². The number of esters is 1. The number of hydrogen-bond donors (Lipinski definition) is 0. The van der Waals surface area contributed by atoms with E-state index in [1.54, 1.807) is 16.7 Å². The fraction of sp³-hybridized carbons (Fsp3) is 0.136. The molecule has 1 aromatic heterocycles. The summed E-state index contributed by atoms with van der Waals surface area (Å²) in [5.74, 6) is -0.899. The first kappa shape index (κ1) is 19.5. The molecule has 0 bridgehead atoms. The zero-order valence-electron chi connectivity index (χ0n) is 15.5. The second-order valence-electron chi connectivity index (χ2n) is 6.38. The van der Waals surface area contributed by atoms with Crippen LogP contribution in [0.15, 0.2) is 76.7 Å². The van der Waals surface area contributed by atoms with Crippen LogP contribution in [-0.4, -0.2) is 23.0 Å². The lowest BCUT2D eigenvalue weighted by molar-refractivity contribution is -0.126. The summed E-state index contributed by atoms with van der Waals surface area (Å²) in [7, 11) is 0. The Morgan fingerprint density at radius 1 is 1.07 bits per heavy atom. The highest BCUT2D eigenvalue weighted by atomic mass is 35.5. The van der Waals surface area contributed by atoms with Crippen molar-refractivity contribution >= 4 is 46.6 Å². The number of carbonyl (C=O) groups excluding carboxylic acids is 2. The fourth-order valence-corrected chi connectivity index (χ4v) is 4.35. The highest BCUT2D eigenvalue weighted by Gasteiger charge is 2.33. The molecule has 2 heterocycles. The lowest BCUT2D eigenvalue weighted by Crippen LogP contribution is -2.39. The Hall–Kier alpha value is -2.83. The summed E-state index contributed by atoms with van der Waals surface area (Å²) >= 11 is 7.47. The molecule has 146 valence electrons. The first-order valence-electron chi connectivity index (χ1n) is 9.11. The molecule has 1 unspecified atom stereocenters. The minimum absolute atomic E-state index is 0.190. The lowest BCUT2D eigenvalue weighted by atomic mass is 10.1. The molecular formula is C22H17ClN2O3S. The van der Waals surface area contributed by atoms with Crippen LogP contribution in [0.25, 0.3) is 0 Å². The van der Waals surface area contributed by atoms with Gasteiger partial charge >= 0.3 is 5.97 Å². The highest BCUT2D eigenvalue weighted by molar-refractivity contribution is 7.99. The number of aromatic nitrogens is 1. The quantitative estimate of drug-likeness (QED) is 0.409. The third kappa shape index (κ3) is 3.86. The molecule has 0 fully saturated rings. The van der Waals surface area contributed by atoms with Crippen LogP contribution < -0.4 is 4.90 Å². The standard InChI is InChI=1S/C22H17ClN2O3S/c1-2-17(28-22(27)14-11-12-24-20(23)13-14)21(26)25-15-7-3-5-9-18(15)29-19-10-6-4-8-16(19)25/h3-13,17H,2H2,1H3. The van der Waals surface area contributed by atoms with Crippen molar-refractivity contribution in [2.24, 2.45) is 0 Å². The highest BCUT2D eigenvalue weighted by Crippen LogP contribution is 2.48. The van der Waals surface area contributed by atoms with Gasteiger partial charge in [-0.25, -0.2) is 9.78 Å². The number of nitrogens with zero attached hydrogens (tertiary/aromatic N) is 2. The van der Waals surface area contributed by atoms with Crippen LogP contribution >= 0.6 is 23.4 Å². The van der Waals surface area contributed by atoms with Gasteiger partial charge < -0.3 is 4.74 Å². The van der Waals surface area contributed by atoms with E-state index in [1.165, 1.54) is 18.3 Å². The van der Waals surface area contributed by atoms with Crippen molar-refractivity contribution in [3.63, 3.8) is 0 Å². The Balaban J connectivity index is 1.67. The SMILES string of the molecule is CCC(OC(=O)c1ccnc(Cl)c1)C(=O)N1c2ccccc2Sc2ccccc21.